The Morgan fingerprint density at radius 2 is 1.81 bits per heavy atom. The van der Waals surface area contributed by atoms with Crippen molar-refractivity contribution in [2.75, 3.05) is 13.1 Å². The van der Waals surface area contributed by atoms with Crippen molar-refractivity contribution < 1.29 is 9.59 Å². The fraction of sp³-hybridized carbons (Fsp3) is 0.273. The highest BCUT2D eigenvalue weighted by atomic mass is 35.5. The molecule has 0 fully saturated rings. The van der Waals surface area contributed by atoms with Gasteiger partial charge in [-0.3, -0.25) is 9.59 Å². The second kappa shape index (κ2) is 6.12. The van der Waals surface area contributed by atoms with Crippen molar-refractivity contribution in [3.63, 3.8) is 0 Å². The molecule has 5 heteroatoms. The molecule has 0 radical (unpaired) electrons. The van der Waals surface area contributed by atoms with Crippen molar-refractivity contribution in [3.05, 3.63) is 34.9 Å². The zero-order valence-electron chi connectivity index (χ0n) is 8.92. The number of hydrogen-bond donors (Lipinski definition) is 2. The van der Waals surface area contributed by atoms with Crippen LogP contribution in [0.15, 0.2) is 24.3 Å². The van der Waals surface area contributed by atoms with Crippen molar-refractivity contribution in [3.8, 4) is 0 Å². The van der Waals surface area contributed by atoms with Crippen LogP contribution in [0.25, 0.3) is 0 Å². The zero-order valence-corrected chi connectivity index (χ0v) is 9.67. The van der Waals surface area contributed by atoms with Crippen LogP contribution in [0.3, 0.4) is 0 Å². The number of halogens is 1. The number of hydrogen-bond acceptors (Lipinski definition) is 2. The Labute approximate surface area is 99.0 Å². The van der Waals surface area contributed by atoms with E-state index in [-0.39, 0.29) is 18.4 Å². The van der Waals surface area contributed by atoms with Gasteiger partial charge in [0, 0.05) is 17.1 Å². The van der Waals surface area contributed by atoms with E-state index in [0.717, 1.165) is 0 Å². The quantitative estimate of drug-likeness (QED) is 0.831. The third-order valence-corrected chi connectivity index (χ3v) is 2.14. The lowest BCUT2D eigenvalue weighted by Gasteiger charge is -2.05. The van der Waals surface area contributed by atoms with Crippen LogP contribution in [0.2, 0.25) is 5.02 Å². The lowest BCUT2D eigenvalue weighted by Crippen LogP contribution is -2.36. The fourth-order valence-corrected chi connectivity index (χ4v) is 1.25. The zero-order chi connectivity index (χ0) is 12.0. The smallest absolute Gasteiger partial charge is 0.251 e. The average molecular weight is 241 g/mol. The third-order valence-electron chi connectivity index (χ3n) is 1.89. The van der Waals surface area contributed by atoms with Crippen LogP contribution in [-0.2, 0) is 4.79 Å². The summed E-state index contributed by atoms with van der Waals surface area (Å²) in [6.07, 6.45) is 0. The van der Waals surface area contributed by atoms with Gasteiger partial charge in [-0.2, -0.15) is 0 Å². The second-order valence-corrected chi connectivity index (χ2v) is 3.58. The number of likely N-dealkylation sites (N-methyl/N-ethyl adjacent to an activating group) is 1. The van der Waals surface area contributed by atoms with Crippen molar-refractivity contribution >= 4 is 23.4 Å². The molecule has 0 heterocycles. The van der Waals surface area contributed by atoms with E-state index in [0.29, 0.717) is 17.1 Å². The van der Waals surface area contributed by atoms with E-state index >= 15 is 0 Å². The van der Waals surface area contributed by atoms with Crippen LogP contribution in [0.4, 0.5) is 0 Å². The van der Waals surface area contributed by atoms with E-state index in [1.807, 2.05) is 6.92 Å². The minimum atomic E-state index is -0.289. The Bertz CT molecular complexity index is 376. The minimum Gasteiger partial charge on any atom is -0.355 e. The normalized spacial score (nSPS) is 9.62. The molecule has 0 atom stereocenters. The van der Waals surface area contributed by atoms with E-state index in [4.69, 9.17) is 11.6 Å². The number of carbonyl (C=O) groups excluding carboxylic acids is 2. The molecular formula is C11H13ClN2O2. The summed E-state index contributed by atoms with van der Waals surface area (Å²) in [5.74, 6) is -0.493. The molecule has 0 aliphatic rings. The predicted molar refractivity (Wildman–Crippen MR) is 62.5 cm³/mol. The van der Waals surface area contributed by atoms with Crippen LogP contribution in [0, 0.1) is 0 Å². The topological polar surface area (TPSA) is 58.2 Å². The molecule has 2 N–H and O–H groups in total. The summed E-state index contributed by atoms with van der Waals surface area (Å²) >= 11 is 5.69. The van der Waals surface area contributed by atoms with E-state index in [9.17, 15) is 9.59 Å². The molecule has 16 heavy (non-hydrogen) atoms. The molecule has 86 valence electrons. The first-order chi connectivity index (χ1) is 7.63. The number of nitrogens with one attached hydrogen (secondary N) is 2. The first kappa shape index (κ1) is 12.5. The molecule has 1 aromatic carbocycles. The van der Waals surface area contributed by atoms with Gasteiger partial charge in [-0.15, -0.1) is 0 Å². The van der Waals surface area contributed by atoms with Crippen molar-refractivity contribution in [1.29, 1.82) is 0 Å². The molecule has 1 rings (SSSR count). The average Bonchev–Trinajstić information content (AvgIpc) is 2.27. The summed E-state index contributed by atoms with van der Waals surface area (Å²) in [7, 11) is 0. The fourth-order valence-electron chi connectivity index (χ4n) is 1.12. The summed E-state index contributed by atoms with van der Waals surface area (Å²) in [6, 6.07) is 6.47. The number of benzene rings is 1. The Balaban J connectivity index is 2.47. The molecule has 0 saturated heterocycles. The highest BCUT2D eigenvalue weighted by Crippen LogP contribution is 2.08. The molecule has 2 amide bonds. The molecule has 0 saturated carbocycles. The van der Waals surface area contributed by atoms with Gasteiger partial charge in [0.25, 0.3) is 5.91 Å². The predicted octanol–water partition coefficient (Wildman–Crippen LogP) is 1.21. The van der Waals surface area contributed by atoms with Gasteiger partial charge in [0.05, 0.1) is 6.54 Å². The van der Waals surface area contributed by atoms with Crippen molar-refractivity contribution in [2.24, 2.45) is 0 Å². The minimum absolute atomic E-state index is 0.0186. The highest BCUT2D eigenvalue weighted by molar-refractivity contribution is 6.30. The SMILES string of the molecule is CCNC(=O)CNC(=O)c1ccc(Cl)cc1. The molecule has 0 aromatic heterocycles. The van der Waals surface area contributed by atoms with Crippen molar-refractivity contribution in [2.45, 2.75) is 6.92 Å². The Kier molecular flexibility index (Phi) is 4.79. The summed E-state index contributed by atoms with van der Waals surface area (Å²) in [5, 5.41) is 5.67. The molecule has 1 aromatic rings. The Hall–Kier alpha value is -1.55. The lowest BCUT2D eigenvalue weighted by molar-refractivity contribution is -0.120. The summed E-state index contributed by atoms with van der Waals surface area (Å²) in [4.78, 5) is 22.6. The van der Waals surface area contributed by atoms with Gasteiger partial charge >= 0.3 is 0 Å². The summed E-state index contributed by atoms with van der Waals surface area (Å²) in [5.41, 5.74) is 0.480. The van der Waals surface area contributed by atoms with Crippen LogP contribution in [0.5, 0.6) is 0 Å². The first-order valence-corrected chi connectivity index (χ1v) is 5.31. The number of rotatable bonds is 4. The molecular weight excluding hydrogens is 228 g/mol. The van der Waals surface area contributed by atoms with Crippen molar-refractivity contribution in [1.82, 2.24) is 10.6 Å². The second-order valence-electron chi connectivity index (χ2n) is 3.14. The van der Waals surface area contributed by atoms with Gasteiger partial charge < -0.3 is 10.6 Å². The van der Waals surface area contributed by atoms with Crippen LogP contribution in [-0.4, -0.2) is 24.9 Å². The maximum atomic E-state index is 11.5. The van der Waals surface area contributed by atoms with E-state index < -0.39 is 0 Å². The van der Waals surface area contributed by atoms with Crippen LogP contribution >= 0.6 is 11.6 Å². The number of amides is 2. The third kappa shape index (κ3) is 3.90. The molecule has 0 spiro atoms. The maximum absolute atomic E-state index is 11.5. The van der Waals surface area contributed by atoms with Gasteiger partial charge in [-0.05, 0) is 31.2 Å². The maximum Gasteiger partial charge on any atom is 0.251 e. The molecule has 4 nitrogen and oxygen atoms in total. The highest BCUT2D eigenvalue weighted by Gasteiger charge is 2.06. The monoisotopic (exact) mass is 240 g/mol. The van der Waals surface area contributed by atoms with Crippen LogP contribution < -0.4 is 10.6 Å². The first-order valence-electron chi connectivity index (χ1n) is 4.94. The van der Waals surface area contributed by atoms with Gasteiger partial charge in [0.2, 0.25) is 5.91 Å². The van der Waals surface area contributed by atoms with E-state index in [1.165, 1.54) is 0 Å². The molecule has 0 aliphatic heterocycles. The number of carbonyl (C=O) groups is 2. The molecule has 0 unspecified atom stereocenters. The van der Waals surface area contributed by atoms with Crippen LogP contribution in [0.1, 0.15) is 17.3 Å². The van der Waals surface area contributed by atoms with E-state index in [1.54, 1.807) is 24.3 Å². The van der Waals surface area contributed by atoms with Gasteiger partial charge in [-0.25, -0.2) is 0 Å². The van der Waals surface area contributed by atoms with Gasteiger partial charge in [-0.1, -0.05) is 11.6 Å². The molecule has 0 aliphatic carbocycles. The standard InChI is InChI=1S/C11H13ClN2O2/c1-2-13-10(15)7-14-11(16)8-3-5-9(12)6-4-8/h3-6H,2,7H2,1H3,(H,13,15)(H,14,16). The Morgan fingerprint density at radius 3 is 2.38 bits per heavy atom. The Morgan fingerprint density at radius 1 is 1.19 bits per heavy atom. The lowest BCUT2D eigenvalue weighted by atomic mass is 10.2. The summed E-state index contributed by atoms with van der Waals surface area (Å²) in [6.45, 7) is 2.35. The molecule has 0 bridgehead atoms. The largest absolute Gasteiger partial charge is 0.355 e. The van der Waals surface area contributed by atoms with Gasteiger partial charge in [0.1, 0.15) is 0 Å². The van der Waals surface area contributed by atoms with E-state index in [2.05, 4.69) is 10.6 Å². The summed E-state index contributed by atoms with van der Waals surface area (Å²) < 4.78 is 0. The van der Waals surface area contributed by atoms with Gasteiger partial charge in [0.15, 0.2) is 0 Å².